The predicted molar refractivity (Wildman–Crippen MR) is 74.0 cm³/mol. The van der Waals surface area contributed by atoms with Crippen LogP contribution >= 0.6 is 11.6 Å². The maximum absolute atomic E-state index is 13.4. The van der Waals surface area contributed by atoms with Gasteiger partial charge in [-0.3, -0.25) is 4.79 Å². The molecule has 1 heterocycles. The maximum atomic E-state index is 13.4. The third-order valence-electron chi connectivity index (χ3n) is 3.53. The first-order chi connectivity index (χ1) is 9.15. The number of hydrogen-bond acceptors (Lipinski definition) is 2. The standard InChI is InChI=1S/C14H18ClFN2O/c1-2-18(10-6-8-17-9-7-10)14(19)11-4-3-5-12(16)13(11)15/h3-5,10,17H,2,6-9H2,1H3. The molecule has 1 aromatic rings. The Hall–Kier alpha value is -1.13. The highest BCUT2D eigenvalue weighted by atomic mass is 35.5. The summed E-state index contributed by atoms with van der Waals surface area (Å²) in [5, 5.41) is 3.19. The summed E-state index contributed by atoms with van der Waals surface area (Å²) in [7, 11) is 0. The molecule has 0 aliphatic carbocycles. The van der Waals surface area contributed by atoms with E-state index in [0.717, 1.165) is 25.9 Å². The van der Waals surface area contributed by atoms with Crippen molar-refractivity contribution in [1.82, 2.24) is 10.2 Å². The van der Waals surface area contributed by atoms with E-state index in [4.69, 9.17) is 11.6 Å². The van der Waals surface area contributed by atoms with Gasteiger partial charge in [0.1, 0.15) is 5.82 Å². The number of nitrogens with one attached hydrogen (secondary N) is 1. The van der Waals surface area contributed by atoms with Crippen molar-refractivity contribution in [3.8, 4) is 0 Å². The number of carbonyl (C=O) groups is 1. The molecule has 0 aromatic heterocycles. The van der Waals surface area contributed by atoms with Gasteiger partial charge in [-0.1, -0.05) is 17.7 Å². The van der Waals surface area contributed by atoms with E-state index in [9.17, 15) is 9.18 Å². The van der Waals surface area contributed by atoms with Crippen LogP contribution in [0, 0.1) is 5.82 Å². The van der Waals surface area contributed by atoms with Crippen LogP contribution < -0.4 is 5.32 Å². The molecule has 0 unspecified atom stereocenters. The number of carbonyl (C=O) groups excluding carboxylic acids is 1. The van der Waals surface area contributed by atoms with E-state index in [1.807, 2.05) is 6.92 Å². The van der Waals surface area contributed by atoms with Crippen LogP contribution in [0.4, 0.5) is 4.39 Å². The van der Waals surface area contributed by atoms with Crippen LogP contribution in [-0.2, 0) is 0 Å². The second kappa shape index (κ2) is 6.35. The third kappa shape index (κ3) is 3.07. The average molecular weight is 285 g/mol. The summed E-state index contributed by atoms with van der Waals surface area (Å²) >= 11 is 5.89. The van der Waals surface area contributed by atoms with Gasteiger partial charge in [0.15, 0.2) is 0 Å². The van der Waals surface area contributed by atoms with E-state index in [1.165, 1.54) is 12.1 Å². The van der Waals surface area contributed by atoms with Gasteiger partial charge in [0.25, 0.3) is 5.91 Å². The van der Waals surface area contributed by atoms with Crippen LogP contribution in [0.25, 0.3) is 0 Å². The first-order valence-electron chi connectivity index (χ1n) is 6.60. The van der Waals surface area contributed by atoms with Crippen molar-refractivity contribution in [3.63, 3.8) is 0 Å². The first kappa shape index (κ1) is 14.3. The van der Waals surface area contributed by atoms with Gasteiger partial charge < -0.3 is 10.2 Å². The molecule has 1 saturated heterocycles. The van der Waals surface area contributed by atoms with Gasteiger partial charge in [0, 0.05) is 12.6 Å². The smallest absolute Gasteiger partial charge is 0.255 e. The monoisotopic (exact) mass is 284 g/mol. The predicted octanol–water partition coefficient (Wildman–Crippen LogP) is 2.69. The van der Waals surface area contributed by atoms with Gasteiger partial charge in [-0.15, -0.1) is 0 Å². The minimum absolute atomic E-state index is 0.0834. The minimum Gasteiger partial charge on any atom is -0.336 e. The summed E-state index contributed by atoms with van der Waals surface area (Å²) < 4.78 is 13.4. The number of hydrogen-bond donors (Lipinski definition) is 1. The van der Waals surface area contributed by atoms with Gasteiger partial charge in [-0.05, 0) is 45.0 Å². The molecule has 0 atom stereocenters. The van der Waals surface area contributed by atoms with E-state index >= 15 is 0 Å². The lowest BCUT2D eigenvalue weighted by atomic mass is 10.0. The molecule has 3 nitrogen and oxygen atoms in total. The molecule has 2 rings (SSSR count). The highest BCUT2D eigenvalue weighted by molar-refractivity contribution is 6.34. The topological polar surface area (TPSA) is 32.3 Å². The second-order valence-corrected chi connectivity index (χ2v) is 5.05. The van der Waals surface area contributed by atoms with Crippen LogP contribution in [0.5, 0.6) is 0 Å². The number of rotatable bonds is 3. The number of benzene rings is 1. The Morgan fingerprint density at radius 2 is 2.16 bits per heavy atom. The maximum Gasteiger partial charge on any atom is 0.255 e. The summed E-state index contributed by atoms with van der Waals surface area (Å²) in [6, 6.07) is 4.57. The Balaban J connectivity index is 2.22. The average Bonchev–Trinajstić information content (AvgIpc) is 2.44. The summed E-state index contributed by atoms with van der Waals surface area (Å²) in [5.41, 5.74) is 0.252. The Bertz CT molecular complexity index is 461. The van der Waals surface area contributed by atoms with E-state index in [-0.39, 0.29) is 22.5 Å². The van der Waals surface area contributed by atoms with Crippen molar-refractivity contribution in [3.05, 3.63) is 34.6 Å². The van der Waals surface area contributed by atoms with Gasteiger partial charge in [-0.2, -0.15) is 0 Å². The fourth-order valence-electron chi connectivity index (χ4n) is 2.51. The number of halogens is 2. The zero-order chi connectivity index (χ0) is 13.8. The van der Waals surface area contributed by atoms with E-state index in [0.29, 0.717) is 6.54 Å². The Labute approximate surface area is 117 Å². The molecule has 1 aromatic carbocycles. The molecule has 104 valence electrons. The Morgan fingerprint density at radius 1 is 1.47 bits per heavy atom. The summed E-state index contributed by atoms with van der Waals surface area (Å²) in [6.45, 7) is 4.36. The molecule has 5 heteroatoms. The second-order valence-electron chi connectivity index (χ2n) is 4.67. The minimum atomic E-state index is -0.547. The fourth-order valence-corrected chi connectivity index (χ4v) is 2.72. The van der Waals surface area contributed by atoms with Crippen molar-refractivity contribution in [2.24, 2.45) is 0 Å². The lowest BCUT2D eigenvalue weighted by Crippen LogP contribution is -2.46. The largest absolute Gasteiger partial charge is 0.336 e. The van der Waals surface area contributed by atoms with Crippen molar-refractivity contribution in [1.29, 1.82) is 0 Å². The molecule has 1 fully saturated rings. The fraction of sp³-hybridized carbons (Fsp3) is 0.500. The highest BCUT2D eigenvalue weighted by Gasteiger charge is 2.26. The van der Waals surface area contributed by atoms with E-state index in [1.54, 1.807) is 11.0 Å². The van der Waals surface area contributed by atoms with Crippen LogP contribution in [0.1, 0.15) is 30.1 Å². The van der Waals surface area contributed by atoms with Gasteiger partial charge >= 0.3 is 0 Å². The van der Waals surface area contributed by atoms with Gasteiger partial charge in [0.05, 0.1) is 10.6 Å². The zero-order valence-corrected chi connectivity index (χ0v) is 11.7. The molecular formula is C14H18ClFN2O. The molecule has 0 bridgehead atoms. The Morgan fingerprint density at radius 3 is 2.79 bits per heavy atom. The van der Waals surface area contributed by atoms with Crippen LogP contribution in [-0.4, -0.2) is 36.5 Å². The van der Waals surface area contributed by atoms with Crippen molar-refractivity contribution >= 4 is 17.5 Å². The first-order valence-corrected chi connectivity index (χ1v) is 6.98. The molecular weight excluding hydrogens is 267 g/mol. The quantitative estimate of drug-likeness (QED) is 0.926. The lowest BCUT2D eigenvalue weighted by molar-refractivity contribution is 0.0656. The molecule has 1 aliphatic rings. The van der Waals surface area contributed by atoms with Crippen LogP contribution in [0.3, 0.4) is 0 Å². The molecule has 1 N–H and O–H groups in total. The van der Waals surface area contributed by atoms with E-state index < -0.39 is 5.82 Å². The molecule has 1 amide bonds. The van der Waals surface area contributed by atoms with Gasteiger partial charge in [0.2, 0.25) is 0 Å². The highest BCUT2D eigenvalue weighted by Crippen LogP contribution is 2.23. The zero-order valence-electron chi connectivity index (χ0n) is 11.0. The normalized spacial score (nSPS) is 16.4. The summed E-state index contributed by atoms with van der Waals surface area (Å²) in [4.78, 5) is 14.3. The lowest BCUT2D eigenvalue weighted by Gasteiger charge is -2.34. The molecule has 0 radical (unpaired) electrons. The van der Waals surface area contributed by atoms with Crippen molar-refractivity contribution in [2.45, 2.75) is 25.8 Å². The molecule has 0 saturated carbocycles. The van der Waals surface area contributed by atoms with Crippen LogP contribution in [0.15, 0.2) is 18.2 Å². The molecule has 0 spiro atoms. The summed E-state index contributed by atoms with van der Waals surface area (Å²) in [6.07, 6.45) is 1.85. The SMILES string of the molecule is CCN(C(=O)c1cccc(F)c1Cl)C1CCNCC1. The van der Waals surface area contributed by atoms with Crippen molar-refractivity contribution < 1.29 is 9.18 Å². The van der Waals surface area contributed by atoms with Gasteiger partial charge in [-0.25, -0.2) is 4.39 Å². The number of nitrogens with zero attached hydrogens (tertiary/aromatic N) is 1. The number of amides is 1. The molecule has 1 aliphatic heterocycles. The Kier molecular flexibility index (Phi) is 4.77. The van der Waals surface area contributed by atoms with Crippen molar-refractivity contribution in [2.75, 3.05) is 19.6 Å². The summed E-state index contributed by atoms with van der Waals surface area (Å²) in [5.74, 6) is -0.729. The number of piperidine rings is 1. The third-order valence-corrected chi connectivity index (χ3v) is 3.92. The van der Waals surface area contributed by atoms with E-state index in [2.05, 4.69) is 5.32 Å². The molecule has 19 heavy (non-hydrogen) atoms. The van der Waals surface area contributed by atoms with Crippen LogP contribution in [0.2, 0.25) is 5.02 Å².